The van der Waals surface area contributed by atoms with Gasteiger partial charge in [-0.1, -0.05) is 32.8 Å². The van der Waals surface area contributed by atoms with E-state index in [2.05, 4.69) is 43.0 Å². The zero-order valence-corrected chi connectivity index (χ0v) is 14.3. The first kappa shape index (κ1) is 18.6. The normalized spacial score (nSPS) is 18.1. The van der Waals surface area contributed by atoms with Crippen LogP contribution in [0, 0.1) is 11.8 Å². The van der Waals surface area contributed by atoms with Crippen LogP contribution in [0.5, 0.6) is 0 Å². The van der Waals surface area contributed by atoms with Crippen molar-refractivity contribution >= 4 is 6.09 Å². The molecule has 0 spiro atoms. The Hall–Kier alpha value is -1.42. The fourth-order valence-electron chi connectivity index (χ4n) is 3.00. The summed E-state index contributed by atoms with van der Waals surface area (Å²) in [4.78, 5) is 15.1. The lowest BCUT2D eigenvalue weighted by atomic mass is 9.92. The predicted molar refractivity (Wildman–Crippen MR) is 87.5 cm³/mol. The lowest BCUT2D eigenvalue weighted by Crippen LogP contribution is -2.44. The second-order valence-corrected chi connectivity index (χ2v) is 7.09. The highest BCUT2D eigenvalue weighted by Crippen LogP contribution is 2.22. The molecule has 1 amide bonds. The number of carbonyl (C=O) groups excluding carboxylic acids is 1. The average molecular weight is 310 g/mol. The summed E-state index contributed by atoms with van der Waals surface area (Å²) in [6, 6.07) is -0.407. The van der Waals surface area contributed by atoms with Gasteiger partial charge in [0.2, 0.25) is 0 Å². The summed E-state index contributed by atoms with van der Waals surface area (Å²) in [6.45, 7) is 8.37. The van der Waals surface area contributed by atoms with Crippen LogP contribution >= 0.6 is 0 Å². The van der Waals surface area contributed by atoms with Crippen molar-refractivity contribution in [2.45, 2.75) is 84.4 Å². The zero-order valence-electron chi connectivity index (χ0n) is 14.3. The number of nitrogens with one attached hydrogen (secondary N) is 1. The van der Waals surface area contributed by atoms with Gasteiger partial charge in [-0.15, -0.1) is 0 Å². The van der Waals surface area contributed by atoms with E-state index in [1.807, 2.05) is 0 Å². The third kappa shape index (κ3) is 7.03. The number of nitrogens with zero attached hydrogens (tertiary/aromatic N) is 3. The van der Waals surface area contributed by atoms with Crippen LogP contribution in [0.4, 0.5) is 4.79 Å². The van der Waals surface area contributed by atoms with E-state index in [9.17, 15) is 4.79 Å². The monoisotopic (exact) mass is 310 g/mol. The van der Waals surface area contributed by atoms with Crippen molar-refractivity contribution in [1.29, 1.82) is 0 Å². The van der Waals surface area contributed by atoms with Crippen LogP contribution in [0.25, 0.3) is 10.4 Å². The highest BCUT2D eigenvalue weighted by Gasteiger charge is 2.26. The minimum Gasteiger partial charge on any atom is -0.446 e. The van der Waals surface area contributed by atoms with Gasteiger partial charge in [0.25, 0.3) is 0 Å². The largest absolute Gasteiger partial charge is 0.446 e. The fourth-order valence-corrected chi connectivity index (χ4v) is 3.00. The molecule has 1 saturated carbocycles. The van der Waals surface area contributed by atoms with Crippen molar-refractivity contribution in [2.75, 3.05) is 0 Å². The molecule has 6 heteroatoms. The molecule has 6 nitrogen and oxygen atoms in total. The van der Waals surface area contributed by atoms with E-state index in [1.54, 1.807) is 0 Å². The molecule has 0 unspecified atom stereocenters. The number of alkyl carbamates (subject to hydrolysis) is 1. The Balaban J connectivity index is 2.67. The minimum atomic E-state index is -0.376. The highest BCUT2D eigenvalue weighted by atomic mass is 16.6. The lowest BCUT2D eigenvalue weighted by Gasteiger charge is -2.27. The standard InChI is InChI=1S/C16H30N4O2/c1-11(2)9-14(15(19-20-17)10-12(3)4)18-16(21)22-13-7-5-6-8-13/h11-15H,5-10H2,1-4H3,(H,18,21)/t14-,15+/m0/s1. The average Bonchev–Trinajstić information content (AvgIpc) is 2.89. The molecule has 0 bridgehead atoms. The van der Waals surface area contributed by atoms with Crippen molar-refractivity contribution in [3.8, 4) is 0 Å². The van der Waals surface area contributed by atoms with Gasteiger partial charge in [-0.2, -0.15) is 0 Å². The number of ether oxygens (including phenoxy) is 1. The second kappa shape index (κ2) is 9.57. The first-order chi connectivity index (χ1) is 10.4. The Morgan fingerprint density at radius 2 is 1.82 bits per heavy atom. The van der Waals surface area contributed by atoms with Crippen LogP contribution < -0.4 is 5.32 Å². The van der Waals surface area contributed by atoms with E-state index >= 15 is 0 Å². The number of azide groups is 1. The van der Waals surface area contributed by atoms with Crippen LogP contribution in [0.2, 0.25) is 0 Å². The molecule has 1 rings (SSSR count). The Kier molecular flexibility index (Phi) is 8.10. The van der Waals surface area contributed by atoms with Gasteiger partial charge < -0.3 is 10.1 Å². The van der Waals surface area contributed by atoms with Gasteiger partial charge in [-0.3, -0.25) is 0 Å². The molecule has 1 fully saturated rings. The molecular weight excluding hydrogens is 280 g/mol. The Morgan fingerprint density at radius 3 is 2.32 bits per heavy atom. The summed E-state index contributed by atoms with van der Waals surface area (Å²) in [5.74, 6) is 0.804. The quantitative estimate of drug-likeness (QED) is 0.396. The summed E-state index contributed by atoms with van der Waals surface area (Å²) in [5.41, 5.74) is 8.81. The van der Waals surface area contributed by atoms with Crippen molar-refractivity contribution in [3.05, 3.63) is 10.4 Å². The summed E-state index contributed by atoms with van der Waals surface area (Å²) in [5, 5.41) is 6.85. The van der Waals surface area contributed by atoms with Crippen LogP contribution in [0.15, 0.2) is 5.11 Å². The van der Waals surface area contributed by atoms with E-state index in [0.29, 0.717) is 11.8 Å². The molecule has 0 heterocycles. The number of carbonyl (C=O) groups is 1. The van der Waals surface area contributed by atoms with Crippen molar-refractivity contribution < 1.29 is 9.53 Å². The maximum absolute atomic E-state index is 12.1. The summed E-state index contributed by atoms with van der Waals surface area (Å²) < 4.78 is 5.47. The number of hydrogen-bond acceptors (Lipinski definition) is 3. The van der Waals surface area contributed by atoms with Crippen LogP contribution in [0.1, 0.15) is 66.2 Å². The molecule has 0 aliphatic heterocycles. The van der Waals surface area contributed by atoms with Gasteiger partial charge in [0.15, 0.2) is 0 Å². The van der Waals surface area contributed by atoms with Crippen LogP contribution in [0.3, 0.4) is 0 Å². The molecule has 0 aromatic carbocycles. The molecule has 22 heavy (non-hydrogen) atoms. The van der Waals surface area contributed by atoms with Gasteiger partial charge in [-0.25, -0.2) is 4.79 Å². The maximum Gasteiger partial charge on any atom is 0.407 e. The molecule has 126 valence electrons. The molecule has 2 atom stereocenters. The van der Waals surface area contributed by atoms with Gasteiger partial charge in [0.1, 0.15) is 6.10 Å². The third-order valence-electron chi connectivity index (χ3n) is 3.98. The lowest BCUT2D eigenvalue weighted by molar-refractivity contribution is 0.0951. The molecular formula is C16H30N4O2. The Bertz CT molecular complexity index is 386. The smallest absolute Gasteiger partial charge is 0.407 e. The van der Waals surface area contributed by atoms with Crippen molar-refractivity contribution in [1.82, 2.24) is 5.32 Å². The predicted octanol–water partition coefficient (Wildman–Crippen LogP) is 4.79. The third-order valence-corrected chi connectivity index (χ3v) is 3.98. The Labute approximate surface area is 133 Å². The van der Waals surface area contributed by atoms with Crippen LogP contribution in [-0.2, 0) is 4.74 Å². The van der Waals surface area contributed by atoms with Gasteiger partial charge in [0, 0.05) is 11.0 Å². The van der Waals surface area contributed by atoms with Gasteiger partial charge in [-0.05, 0) is 55.9 Å². The summed E-state index contributed by atoms with van der Waals surface area (Å²) >= 11 is 0. The number of rotatable bonds is 8. The van der Waals surface area contributed by atoms with Crippen molar-refractivity contribution in [3.63, 3.8) is 0 Å². The molecule has 1 N–H and O–H groups in total. The van der Waals surface area contributed by atoms with Crippen molar-refractivity contribution in [2.24, 2.45) is 17.0 Å². The van der Waals surface area contributed by atoms with E-state index in [0.717, 1.165) is 38.5 Å². The second-order valence-electron chi connectivity index (χ2n) is 7.09. The molecule has 1 aliphatic rings. The zero-order chi connectivity index (χ0) is 16.5. The first-order valence-corrected chi connectivity index (χ1v) is 8.43. The topological polar surface area (TPSA) is 87.1 Å². The van der Waals surface area contributed by atoms with Gasteiger partial charge in [0.05, 0.1) is 6.04 Å². The fraction of sp³-hybridized carbons (Fsp3) is 0.938. The van der Waals surface area contributed by atoms with E-state index in [1.165, 1.54) is 0 Å². The number of hydrogen-bond donors (Lipinski definition) is 1. The Morgan fingerprint density at radius 1 is 1.23 bits per heavy atom. The van der Waals surface area contributed by atoms with E-state index in [-0.39, 0.29) is 24.3 Å². The van der Waals surface area contributed by atoms with E-state index < -0.39 is 0 Å². The molecule has 0 aromatic heterocycles. The molecule has 0 aromatic rings. The highest BCUT2D eigenvalue weighted by molar-refractivity contribution is 5.68. The first-order valence-electron chi connectivity index (χ1n) is 8.43. The van der Waals surface area contributed by atoms with Crippen LogP contribution in [-0.4, -0.2) is 24.3 Å². The maximum atomic E-state index is 12.1. The SMILES string of the molecule is CC(C)C[C@H](NC(=O)OC1CCCC1)[C@@H](CC(C)C)N=[N+]=[N-]. The van der Waals surface area contributed by atoms with E-state index in [4.69, 9.17) is 10.3 Å². The summed E-state index contributed by atoms with van der Waals surface area (Å²) in [7, 11) is 0. The van der Waals surface area contributed by atoms with Gasteiger partial charge >= 0.3 is 6.09 Å². The minimum absolute atomic E-state index is 0.0442. The molecule has 0 saturated heterocycles. The summed E-state index contributed by atoms with van der Waals surface area (Å²) in [6.07, 6.45) is 5.36. The molecule has 1 aliphatic carbocycles. The molecule has 0 radical (unpaired) electrons. The number of amides is 1.